The second-order valence-electron chi connectivity index (χ2n) is 5.21. The number of alkyl halides is 1. The summed E-state index contributed by atoms with van der Waals surface area (Å²) in [7, 11) is 1.58. The molecule has 0 saturated carbocycles. The molecule has 0 bridgehead atoms. The van der Waals surface area contributed by atoms with Crippen LogP contribution in [0, 0.1) is 0 Å². The van der Waals surface area contributed by atoms with Crippen LogP contribution in [0.1, 0.15) is 35.2 Å². The highest BCUT2D eigenvalue weighted by Gasteiger charge is 2.11. The molecule has 0 aliphatic heterocycles. The first-order chi connectivity index (χ1) is 11.2. The summed E-state index contributed by atoms with van der Waals surface area (Å²) < 4.78 is 11.1. The van der Waals surface area contributed by atoms with E-state index in [0.717, 1.165) is 18.4 Å². The summed E-state index contributed by atoms with van der Waals surface area (Å²) in [6.45, 7) is 0.459. The number of methoxy groups -OCH3 is 1. The quantitative estimate of drug-likeness (QED) is 0.373. The lowest BCUT2D eigenvalue weighted by atomic mass is 10.1. The zero-order chi connectivity index (χ0) is 16.5. The van der Waals surface area contributed by atoms with Crippen molar-refractivity contribution >= 4 is 17.4 Å². The van der Waals surface area contributed by atoms with E-state index in [1.54, 1.807) is 25.3 Å². The van der Waals surface area contributed by atoms with Crippen molar-refractivity contribution in [2.45, 2.75) is 25.9 Å². The Morgan fingerprint density at radius 2 is 1.83 bits per heavy atom. The standard InChI is InChI=1S/C19H21ClO3/c1-22-19-13-16(17(21)9-5-6-12-20)10-11-18(19)23-14-15-7-3-2-4-8-15/h2-4,7-8,10-11,13H,5-6,9,12,14H2,1H3. The normalized spacial score (nSPS) is 10.3. The van der Waals surface area contributed by atoms with Gasteiger partial charge in [-0.15, -0.1) is 11.6 Å². The molecule has 0 N–H and O–H groups in total. The van der Waals surface area contributed by atoms with E-state index in [1.807, 2.05) is 30.3 Å². The molecule has 4 heteroatoms. The van der Waals surface area contributed by atoms with Gasteiger partial charge in [0.1, 0.15) is 6.61 Å². The summed E-state index contributed by atoms with van der Waals surface area (Å²) in [5.74, 6) is 1.89. The Hall–Kier alpha value is -2.00. The zero-order valence-electron chi connectivity index (χ0n) is 13.3. The van der Waals surface area contributed by atoms with Gasteiger partial charge >= 0.3 is 0 Å². The van der Waals surface area contributed by atoms with Crippen molar-refractivity contribution in [2.24, 2.45) is 0 Å². The van der Waals surface area contributed by atoms with Crippen LogP contribution in [0.25, 0.3) is 0 Å². The monoisotopic (exact) mass is 332 g/mol. The minimum absolute atomic E-state index is 0.100. The molecule has 2 aromatic rings. The predicted molar refractivity (Wildman–Crippen MR) is 92.7 cm³/mol. The number of ketones is 1. The molecule has 0 aliphatic rings. The first kappa shape index (κ1) is 17.4. The SMILES string of the molecule is COc1cc(C(=O)CCCCCl)ccc1OCc1ccccc1. The molecule has 0 aromatic heterocycles. The van der Waals surface area contributed by atoms with E-state index in [-0.39, 0.29) is 5.78 Å². The minimum Gasteiger partial charge on any atom is -0.493 e. The molecule has 0 saturated heterocycles. The van der Waals surface area contributed by atoms with Gasteiger partial charge in [-0.05, 0) is 36.6 Å². The molecular weight excluding hydrogens is 312 g/mol. The van der Waals surface area contributed by atoms with Crippen LogP contribution < -0.4 is 9.47 Å². The molecular formula is C19H21ClO3. The molecule has 0 fully saturated rings. The van der Waals surface area contributed by atoms with Gasteiger partial charge in [0.05, 0.1) is 7.11 Å². The number of rotatable bonds is 9. The molecule has 0 atom stereocenters. The molecule has 0 radical (unpaired) electrons. The number of halogens is 1. The topological polar surface area (TPSA) is 35.5 Å². The maximum Gasteiger partial charge on any atom is 0.163 e. The van der Waals surface area contributed by atoms with E-state index in [0.29, 0.717) is 36.0 Å². The smallest absolute Gasteiger partial charge is 0.163 e. The Morgan fingerprint density at radius 3 is 2.52 bits per heavy atom. The molecule has 0 heterocycles. The number of ether oxygens (including phenoxy) is 2. The minimum atomic E-state index is 0.100. The lowest BCUT2D eigenvalue weighted by Gasteiger charge is -2.12. The van der Waals surface area contributed by atoms with Gasteiger partial charge in [0.15, 0.2) is 17.3 Å². The number of carbonyl (C=O) groups excluding carboxylic acids is 1. The molecule has 0 aliphatic carbocycles. The maximum atomic E-state index is 12.1. The van der Waals surface area contributed by atoms with Crippen molar-refractivity contribution in [3.63, 3.8) is 0 Å². The highest BCUT2D eigenvalue weighted by molar-refractivity contribution is 6.17. The second-order valence-corrected chi connectivity index (χ2v) is 5.59. The van der Waals surface area contributed by atoms with Gasteiger partial charge in [-0.1, -0.05) is 30.3 Å². The van der Waals surface area contributed by atoms with Crippen molar-refractivity contribution < 1.29 is 14.3 Å². The fourth-order valence-electron chi connectivity index (χ4n) is 2.22. The first-order valence-electron chi connectivity index (χ1n) is 7.68. The summed E-state index contributed by atoms with van der Waals surface area (Å²) in [5, 5.41) is 0. The van der Waals surface area contributed by atoms with E-state index in [4.69, 9.17) is 21.1 Å². The van der Waals surface area contributed by atoms with Crippen LogP contribution in [0.4, 0.5) is 0 Å². The van der Waals surface area contributed by atoms with Crippen LogP contribution >= 0.6 is 11.6 Å². The lowest BCUT2D eigenvalue weighted by Crippen LogP contribution is -2.02. The lowest BCUT2D eigenvalue weighted by molar-refractivity contribution is 0.0979. The number of benzene rings is 2. The average molecular weight is 333 g/mol. The number of hydrogen-bond donors (Lipinski definition) is 0. The van der Waals surface area contributed by atoms with Crippen LogP contribution in [-0.2, 0) is 6.61 Å². The Bertz CT molecular complexity index is 626. The Morgan fingerprint density at radius 1 is 1.04 bits per heavy atom. The zero-order valence-corrected chi connectivity index (χ0v) is 14.0. The van der Waals surface area contributed by atoms with Crippen LogP contribution in [-0.4, -0.2) is 18.8 Å². The van der Waals surface area contributed by atoms with Crippen molar-refractivity contribution in [3.05, 3.63) is 59.7 Å². The van der Waals surface area contributed by atoms with Crippen LogP contribution in [0.5, 0.6) is 11.5 Å². The van der Waals surface area contributed by atoms with E-state index < -0.39 is 0 Å². The summed E-state index contributed by atoms with van der Waals surface area (Å²) in [6, 6.07) is 15.2. The number of unbranched alkanes of at least 4 members (excludes halogenated alkanes) is 1. The first-order valence-corrected chi connectivity index (χ1v) is 8.22. The van der Waals surface area contributed by atoms with Gasteiger partial charge in [0, 0.05) is 17.9 Å². The van der Waals surface area contributed by atoms with Gasteiger partial charge < -0.3 is 9.47 Å². The average Bonchev–Trinajstić information content (AvgIpc) is 2.60. The molecule has 122 valence electrons. The van der Waals surface area contributed by atoms with E-state index >= 15 is 0 Å². The summed E-state index contributed by atoms with van der Waals surface area (Å²) >= 11 is 5.64. The van der Waals surface area contributed by atoms with Crippen molar-refractivity contribution in [2.75, 3.05) is 13.0 Å². The molecule has 0 amide bonds. The third kappa shape index (κ3) is 5.29. The van der Waals surface area contributed by atoms with Gasteiger partial charge in [0.2, 0.25) is 0 Å². The van der Waals surface area contributed by atoms with E-state index in [2.05, 4.69) is 0 Å². The fraction of sp³-hybridized carbons (Fsp3) is 0.316. The van der Waals surface area contributed by atoms with E-state index in [9.17, 15) is 4.79 Å². The fourth-order valence-corrected chi connectivity index (χ4v) is 2.41. The molecule has 23 heavy (non-hydrogen) atoms. The van der Waals surface area contributed by atoms with Gasteiger partial charge in [-0.2, -0.15) is 0 Å². The van der Waals surface area contributed by atoms with Gasteiger partial charge in [-0.3, -0.25) is 4.79 Å². The molecule has 2 aromatic carbocycles. The molecule has 3 nitrogen and oxygen atoms in total. The van der Waals surface area contributed by atoms with Crippen molar-refractivity contribution in [1.82, 2.24) is 0 Å². The second kappa shape index (κ2) is 9.21. The summed E-state index contributed by atoms with van der Waals surface area (Å²) in [6.07, 6.45) is 2.15. The summed E-state index contributed by atoms with van der Waals surface area (Å²) in [4.78, 5) is 12.1. The molecule has 0 unspecified atom stereocenters. The number of Topliss-reactive ketones (excluding diaryl/α,β-unsaturated/α-hetero) is 1. The third-order valence-electron chi connectivity index (χ3n) is 3.51. The highest BCUT2D eigenvalue weighted by Crippen LogP contribution is 2.29. The van der Waals surface area contributed by atoms with E-state index in [1.165, 1.54) is 0 Å². The Kier molecular flexibility index (Phi) is 6.95. The van der Waals surface area contributed by atoms with Crippen molar-refractivity contribution in [3.8, 4) is 11.5 Å². The van der Waals surface area contributed by atoms with Crippen LogP contribution in [0.3, 0.4) is 0 Å². The Labute approximate surface area is 142 Å². The largest absolute Gasteiger partial charge is 0.493 e. The molecule has 0 spiro atoms. The summed E-state index contributed by atoms with van der Waals surface area (Å²) in [5.41, 5.74) is 1.72. The third-order valence-corrected chi connectivity index (χ3v) is 3.78. The van der Waals surface area contributed by atoms with Gasteiger partial charge in [-0.25, -0.2) is 0 Å². The number of carbonyl (C=O) groups is 1. The van der Waals surface area contributed by atoms with Gasteiger partial charge in [0.25, 0.3) is 0 Å². The highest BCUT2D eigenvalue weighted by atomic mass is 35.5. The number of hydrogen-bond acceptors (Lipinski definition) is 3. The van der Waals surface area contributed by atoms with Crippen LogP contribution in [0.2, 0.25) is 0 Å². The Balaban J connectivity index is 2.02. The van der Waals surface area contributed by atoms with Crippen molar-refractivity contribution in [1.29, 1.82) is 0 Å². The molecule has 2 rings (SSSR count). The predicted octanol–water partition coefficient (Wildman–Crippen LogP) is 4.87. The maximum absolute atomic E-state index is 12.1. The van der Waals surface area contributed by atoms with Crippen LogP contribution in [0.15, 0.2) is 48.5 Å².